The number of nitrogens with one attached hydrogen (secondary N) is 1. The second-order valence-electron chi connectivity index (χ2n) is 6.40. The lowest BCUT2D eigenvalue weighted by molar-refractivity contribution is -0.126. The number of nitrogens with zero attached hydrogens (tertiary/aromatic N) is 3. The predicted octanol–water partition coefficient (Wildman–Crippen LogP) is 3.81. The van der Waals surface area contributed by atoms with Crippen molar-refractivity contribution in [2.24, 2.45) is 0 Å². The molecule has 1 aliphatic rings. The van der Waals surface area contributed by atoms with Crippen molar-refractivity contribution in [1.82, 2.24) is 14.9 Å². The van der Waals surface area contributed by atoms with Gasteiger partial charge in [-0.2, -0.15) is 5.26 Å². The first kappa shape index (κ1) is 16.1. The molecular weight excluding hydrogens is 324 g/mol. The maximum absolute atomic E-state index is 12.7. The number of aromatic amines is 1. The Morgan fingerprint density at radius 1 is 1.27 bits per heavy atom. The Bertz CT molecular complexity index is 995. The molecule has 3 aromatic rings. The average molecular weight is 342 g/mol. The fourth-order valence-electron chi connectivity index (χ4n) is 3.42. The number of carbonyl (C=O) groups is 1. The van der Waals surface area contributed by atoms with Crippen molar-refractivity contribution in [1.29, 1.82) is 5.26 Å². The fraction of sp³-hybridized carbons (Fsp3) is 0.190. The van der Waals surface area contributed by atoms with Crippen LogP contribution in [0.25, 0.3) is 17.1 Å². The summed E-state index contributed by atoms with van der Waals surface area (Å²) in [5, 5.41) is 8.97. The number of imidazole rings is 1. The van der Waals surface area contributed by atoms with Crippen LogP contribution in [0.4, 0.5) is 0 Å². The van der Waals surface area contributed by atoms with Gasteiger partial charge >= 0.3 is 0 Å². The summed E-state index contributed by atoms with van der Waals surface area (Å²) < 4.78 is 0. The molecule has 0 radical (unpaired) electrons. The quantitative estimate of drug-likeness (QED) is 0.736. The van der Waals surface area contributed by atoms with E-state index in [1.54, 1.807) is 24.3 Å². The van der Waals surface area contributed by atoms with Gasteiger partial charge in [-0.15, -0.1) is 0 Å². The standard InChI is InChI=1S/C21H18N4O/c22-14-16-6-3-5-15(13-16)10-11-20(26)25-12-4-9-19(25)21-23-17-7-1-2-8-18(17)24-21/h1-3,5-8,10-11,13,19H,4,9,12H2,(H,23,24). The lowest BCUT2D eigenvalue weighted by atomic mass is 10.1. The van der Waals surface area contributed by atoms with Crippen LogP contribution in [-0.2, 0) is 4.79 Å². The van der Waals surface area contributed by atoms with Crippen molar-refractivity contribution in [3.8, 4) is 6.07 Å². The van der Waals surface area contributed by atoms with Gasteiger partial charge < -0.3 is 9.88 Å². The Kier molecular flexibility index (Phi) is 4.24. The third-order valence-electron chi connectivity index (χ3n) is 4.69. The molecule has 2 aromatic carbocycles. The Morgan fingerprint density at radius 3 is 3.00 bits per heavy atom. The molecule has 1 N–H and O–H groups in total. The smallest absolute Gasteiger partial charge is 0.247 e. The molecule has 2 heterocycles. The van der Waals surface area contributed by atoms with Gasteiger partial charge in [0.2, 0.25) is 5.91 Å². The third-order valence-corrected chi connectivity index (χ3v) is 4.69. The number of amides is 1. The Balaban J connectivity index is 1.54. The van der Waals surface area contributed by atoms with E-state index >= 15 is 0 Å². The van der Waals surface area contributed by atoms with Crippen LogP contribution in [0.15, 0.2) is 54.6 Å². The summed E-state index contributed by atoms with van der Waals surface area (Å²) in [4.78, 5) is 22.6. The fourth-order valence-corrected chi connectivity index (χ4v) is 3.42. The summed E-state index contributed by atoms with van der Waals surface area (Å²) >= 11 is 0. The van der Waals surface area contributed by atoms with Crippen LogP contribution >= 0.6 is 0 Å². The summed E-state index contributed by atoms with van der Waals surface area (Å²) in [6.07, 6.45) is 5.21. The topological polar surface area (TPSA) is 72.8 Å². The van der Waals surface area contributed by atoms with Crippen molar-refractivity contribution < 1.29 is 4.79 Å². The molecule has 0 bridgehead atoms. The van der Waals surface area contributed by atoms with Gasteiger partial charge in [-0.3, -0.25) is 4.79 Å². The molecule has 1 atom stereocenters. The Morgan fingerprint density at radius 2 is 2.15 bits per heavy atom. The molecule has 1 saturated heterocycles. The monoisotopic (exact) mass is 342 g/mol. The number of hydrogen-bond donors (Lipinski definition) is 1. The maximum Gasteiger partial charge on any atom is 0.247 e. The molecule has 26 heavy (non-hydrogen) atoms. The first-order chi connectivity index (χ1) is 12.7. The van der Waals surface area contributed by atoms with E-state index < -0.39 is 0 Å². The molecule has 0 saturated carbocycles. The highest BCUT2D eigenvalue weighted by molar-refractivity contribution is 5.92. The van der Waals surface area contributed by atoms with Crippen LogP contribution in [-0.4, -0.2) is 27.3 Å². The number of nitriles is 1. The molecule has 1 unspecified atom stereocenters. The summed E-state index contributed by atoms with van der Waals surface area (Å²) in [5.41, 5.74) is 3.34. The summed E-state index contributed by atoms with van der Waals surface area (Å²) in [7, 11) is 0. The van der Waals surface area contributed by atoms with Crippen LogP contribution in [0, 0.1) is 11.3 Å². The molecular formula is C21H18N4O. The van der Waals surface area contributed by atoms with E-state index in [4.69, 9.17) is 5.26 Å². The summed E-state index contributed by atoms with van der Waals surface area (Å²) in [6, 6.07) is 17.2. The molecule has 128 valence electrons. The van der Waals surface area contributed by atoms with Crippen molar-refractivity contribution in [3.63, 3.8) is 0 Å². The molecule has 0 spiro atoms. The Hall–Kier alpha value is -3.39. The molecule has 5 heteroatoms. The van der Waals surface area contributed by atoms with Crippen LogP contribution in [0.2, 0.25) is 0 Å². The number of fused-ring (bicyclic) bond motifs is 1. The molecule has 1 aliphatic heterocycles. The van der Waals surface area contributed by atoms with Gasteiger partial charge in [-0.1, -0.05) is 24.3 Å². The summed E-state index contributed by atoms with van der Waals surface area (Å²) in [5.74, 6) is 0.812. The molecule has 5 nitrogen and oxygen atoms in total. The minimum Gasteiger partial charge on any atom is -0.340 e. The minimum atomic E-state index is -0.0321. The summed E-state index contributed by atoms with van der Waals surface area (Å²) in [6.45, 7) is 0.725. The third kappa shape index (κ3) is 3.09. The van der Waals surface area contributed by atoms with Gasteiger partial charge in [-0.05, 0) is 48.7 Å². The zero-order chi connectivity index (χ0) is 17.9. The lowest BCUT2D eigenvalue weighted by Gasteiger charge is -2.21. The molecule has 1 aromatic heterocycles. The minimum absolute atomic E-state index is 0.0232. The molecule has 4 rings (SSSR count). The van der Waals surface area contributed by atoms with Crippen molar-refractivity contribution >= 4 is 23.0 Å². The number of carbonyl (C=O) groups excluding carboxylic acids is 1. The van der Waals surface area contributed by atoms with E-state index in [2.05, 4.69) is 16.0 Å². The zero-order valence-electron chi connectivity index (χ0n) is 14.2. The van der Waals surface area contributed by atoms with E-state index in [0.717, 1.165) is 41.8 Å². The number of aromatic nitrogens is 2. The number of hydrogen-bond acceptors (Lipinski definition) is 3. The normalized spacial score (nSPS) is 17.0. The van der Waals surface area contributed by atoms with Crippen molar-refractivity contribution in [3.05, 3.63) is 71.6 Å². The van der Waals surface area contributed by atoms with Gasteiger partial charge in [-0.25, -0.2) is 4.98 Å². The van der Waals surface area contributed by atoms with Crippen LogP contribution in [0.3, 0.4) is 0 Å². The van der Waals surface area contributed by atoms with Crippen molar-refractivity contribution in [2.75, 3.05) is 6.54 Å². The van der Waals surface area contributed by atoms with Gasteiger partial charge in [0.05, 0.1) is 28.7 Å². The Labute approximate surface area is 151 Å². The number of benzene rings is 2. The van der Waals surface area contributed by atoms with Gasteiger partial charge in [0.1, 0.15) is 5.82 Å². The molecule has 0 aliphatic carbocycles. The second kappa shape index (κ2) is 6.85. The second-order valence-corrected chi connectivity index (χ2v) is 6.40. The van der Waals surface area contributed by atoms with Gasteiger partial charge in [0.25, 0.3) is 0 Å². The number of H-pyrrole nitrogens is 1. The van der Waals surface area contributed by atoms with Crippen LogP contribution in [0.1, 0.15) is 35.8 Å². The zero-order valence-corrected chi connectivity index (χ0v) is 14.2. The van der Waals surface area contributed by atoms with Crippen LogP contribution < -0.4 is 0 Å². The van der Waals surface area contributed by atoms with E-state index in [1.807, 2.05) is 41.3 Å². The molecule has 1 amide bonds. The largest absolute Gasteiger partial charge is 0.340 e. The highest BCUT2D eigenvalue weighted by atomic mass is 16.2. The van der Waals surface area contributed by atoms with E-state index in [9.17, 15) is 4.79 Å². The number of likely N-dealkylation sites (tertiary alicyclic amines) is 1. The highest BCUT2D eigenvalue weighted by Crippen LogP contribution is 2.31. The SMILES string of the molecule is N#Cc1cccc(C=CC(=O)N2CCCC2c2nc3ccccc3[nH]2)c1. The first-order valence-corrected chi connectivity index (χ1v) is 8.68. The van der Waals surface area contributed by atoms with Gasteiger partial charge in [0.15, 0.2) is 0 Å². The van der Waals surface area contributed by atoms with Crippen molar-refractivity contribution in [2.45, 2.75) is 18.9 Å². The van der Waals surface area contributed by atoms with E-state index in [0.29, 0.717) is 5.56 Å². The predicted molar refractivity (Wildman–Crippen MR) is 100.0 cm³/mol. The van der Waals surface area contributed by atoms with Crippen LogP contribution in [0.5, 0.6) is 0 Å². The van der Waals surface area contributed by atoms with Gasteiger partial charge in [0, 0.05) is 12.6 Å². The number of para-hydroxylation sites is 2. The van der Waals surface area contributed by atoms with E-state index in [1.165, 1.54) is 0 Å². The number of rotatable bonds is 3. The molecule has 1 fully saturated rings. The first-order valence-electron chi connectivity index (χ1n) is 8.68. The average Bonchev–Trinajstić information content (AvgIpc) is 3.32. The maximum atomic E-state index is 12.7. The lowest BCUT2D eigenvalue weighted by Crippen LogP contribution is -2.29. The highest BCUT2D eigenvalue weighted by Gasteiger charge is 2.30. The van der Waals surface area contributed by atoms with E-state index in [-0.39, 0.29) is 11.9 Å².